The quantitative estimate of drug-likeness (QED) is 0.304. The zero-order valence-corrected chi connectivity index (χ0v) is 13.8. The first-order valence-corrected chi connectivity index (χ1v) is 7.49. The van der Waals surface area contributed by atoms with Gasteiger partial charge in [-0.3, -0.25) is 10.1 Å². The number of carbonyl (C=O) groups is 2. The van der Waals surface area contributed by atoms with Gasteiger partial charge >= 0.3 is 11.9 Å². The van der Waals surface area contributed by atoms with Crippen molar-refractivity contribution in [2.75, 3.05) is 7.11 Å². The largest absolute Gasteiger partial charge is 0.465 e. The first-order valence-electron chi connectivity index (χ1n) is 7.49. The van der Waals surface area contributed by atoms with Crippen LogP contribution in [0.4, 0.5) is 5.69 Å². The van der Waals surface area contributed by atoms with E-state index in [1.807, 2.05) is 0 Å². The average Bonchev–Trinajstić information content (AvgIpc) is 2.96. The van der Waals surface area contributed by atoms with Crippen LogP contribution in [0.2, 0.25) is 0 Å². The van der Waals surface area contributed by atoms with Gasteiger partial charge in [-0.2, -0.15) is 0 Å². The Balaban J connectivity index is 1.89. The number of nitrogens with zero attached hydrogens (tertiary/aromatic N) is 1. The van der Waals surface area contributed by atoms with Gasteiger partial charge in [0.25, 0.3) is 5.69 Å². The predicted molar refractivity (Wildman–Crippen MR) is 90.3 cm³/mol. The van der Waals surface area contributed by atoms with Crippen LogP contribution in [0.5, 0.6) is 5.75 Å². The number of methoxy groups -OCH3 is 1. The van der Waals surface area contributed by atoms with Crippen molar-refractivity contribution < 1.29 is 28.4 Å². The molecule has 0 aliphatic heterocycles. The number of carbonyl (C=O) groups excluding carboxylic acids is 2. The molecule has 0 N–H and O–H groups in total. The number of nitro benzene ring substituents is 1. The average molecular weight is 355 g/mol. The number of ether oxygens (including phenoxy) is 2. The molecule has 1 heterocycles. The Morgan fingerprint density at radius 1 is 1.08 bits per heavy atom. The topological polar surface area (TPSA) is 109 Å². The second kappa shape index (κ2) is 6.67. The minimum atomic E-state index is -0.681. The number of esters is 2. The molecule has 26 heavy (non-hydrogen) atoms. The minimum Gasteiger partial charge on any atom is -0.465 e. The van der Waals surface area contributed by atoms with Gasteiger partial charge in [-0.25, -0.2) is 9.59 Å². The standard InChI is InChI=1S/C18H13NO7/c1-10-16(18(21)24-2)14-9-13(7-8-15(14)25-10)26-17(20)11-3-5-12(6-4-11)19(22)23/h3-9H,1-2H3. The summed E-state index contributed by atoms with van der Waals surface area (Å²) in [6.07, 6.45) is 0. The number of nitro groups is 1. The molecule has 0 aliphatic carbocycles. The number of rotatable bonds is 4. The molecule has 0 atom stereocenters. The van der Waals surface area contributed by atoms with E-state index in [9.17, 15) is 19.7 Å². The van der Waals surface area contributed by atoms with E-state index in [0.717, 1.165) is 0 Å². The molecule has 0 fully saturated rings. The Kier molecular flexibility index (Phi) is 4.40. The van der Waals surface area contributed by atoms with E-state index in [0.29, 0.717) is 16.7 Å². The second-order valence-electron chi connectivity index (χ2n) is 5.38. The number of non-ortho nitro benzene ring substituents is 1. The van der Waals surface area contributed by atoms with Gasteiger partial charge in [0.05, 0.1) is 17.6 Å². The summed E-state index contributed by atoms with van der Waals surface area (Å²) >= 11 is 0. The Bertz CT molecular complexity index is 1020. The van der Waals surface area contributed by atoms with E-state index in [1.54, 1.807) is 13.0 Å². The lowest BCUT2D eigenvalue weighted by Crippen LogP contribution is -2.08. The molecule has 0 radical (unpaired) electrons. The molecule has 0 amide bonds. The van der Waals surface area contributed by atoms with E-state index in [1.165, 1.54) is 43.5 Å². The van der Waals surface area contributed by atoms with Crippen LogP contribution < -0.4 is 4.74 Å². The molecule has 0 saturated carbocycles. The van der Waals surface area contributed by atoms with Gasteiger partial charge in [-0.05, 0) is 37.3 Å². The van der Waals surface area contributed by atoms with E-state index in [2.05, 4.69) is 0 Å². The fourth-order valence-corrected chi connectivity index (χ4v) is 2.50. The van der Waals surface area contributed by atoms with Crippen molar-refractivity contribution in [3.63, 3.8) is 0 Å². The number of aryl methyl sites for hydroxylation is 1. The Labute approximate surface area is 147 Å². The van der Waals surface area contributed by atoms with Crippen LogP contribution >= 0.6 is 0 Å². The van der Waals surface area contributed by atoms with Crippen molar-refractivity contribution in [1.29, 1.82) is 0 Å². The molecule has 0 bridgehead atoms. The molecular weight excluding hydrogens is 342 g/mol. The Morgan fingerprint density at radius 2 is 1.77 bits per heavy atom. The summed E-state index contributed by atoms with van der Waals surface area (Å²) in [4.78, 5) is 34.2. The highest BCUT2D eigenvalue weighted by Crippen LogP contribution is 2.30. The van der Waals surface area contributed by atoms with E-state index in [4.69, 9.17) is 13.9 Å². The SMILES string of the molecule is COC(=O)c1c(C)oc2ccc(OC(=O)c3ccc([N+](=O)[O-])cc3)cc12. The maximum Gasteiger partial charge on any atom is 0.343 e. The number of fused-ring (bicyclic) bond motifs is 1. The third kappa shape index (κ3) is 3.12. The molecule has 132 valence electrons. The highest BCUT2D eigenvalue weighted by atomic mass is 16.6. The van der Waals surface area contributed by atoms with Crippen molar-refractivity contribution in [3.8, 4) is 5.75 Å². The van der Waals surface area contributed by atoms with E-state index < -0.39 is 16.9 Å². The predicted octanol–water partition coefficient (Wildman–Crippen LogP) is 3.66. The molecule has 3 aromatic rings. The first-order chi connectivity index (χ1) is 12.4. The zero-order valence-electron chi connectivity index (χ0n) is 13.8. The molecule has 0 spiro atoms. The van der Waals surface area contributed by atoms with Gasteiger partial charge < -0.3 is 13.9 Å². The van der Waals surface area contributed by atoms with Gasteiger partial charge in [-0.1, -0.05) is 0 Å². The number of hydrogen-bond donors (Lipinski definition) is 0. The van der Waals surface area contributed by atoms with Gasteiger partial charge in [0.2, 0.25) is 0 Å². The van der Waals surface area contributed by atoms with Crippen LogP contribution in [-0.2, 0) is 4.74 Å². The number of benzene rings is 2. The van der Waals surface area contributed by atoms with Crippen molar-refractivity contribution in [2.24, 2.45) is 0 Å². The Hall–Kier alpha value is -3.68. The second-order valence-corrected chi connectivity index (χ2v) is 5.38. The monoisotopic (exact) mass is 355 g/mol. The maximum atomic E-state index is 12.2. The van der Waals surface area contributed by atoms with Gasteiger partial charge in [0, 0.05) is 17.5 Å². The van der Waals surface area contributed by atoms with Gasteiger partial charge in [0.15, 0.2) is 0 Å². The summed E-state index contributed by atoms with van der Waals surface area (Å²) < 4.78 is 15.5. The molecule has 1 aromatic heterocycles. The van der Waals surface area contributed by atoms with Gasteiger partial charge in [0.1, 0.15) is 22.7 Å². The van der Waals surface area contributed by atoms with Crippen LogP contribution in [-0.4, -0.2) is 24.0 Å². The molecule has 0 saturated heterocycles. The third-order valence-electron chi connectivity index (χ3n) is 3.75. The maximum absolute atomic E-state index is 12.2. The summed E-state index contributed by atoms with van der Waals surface area (Å²) in [5.41, 5.74) is 0.751. The summed E-state index contributed by atoms with van der Waals surface area (Å²) in [7, 11) is 1.26. The summed E-state index contributed by atoms with van der Waals surface area (Å²) in [5, 5.41) is 11.1. The molecule has 0 unspecified atom stereocenters. The van der Waals surface area contributed by atoms with Crippen LogP contribution in [0.3, 0.4) is 0 Å². The van der Waals surface area contributed by atoms with Crippen LogP contribution in [0.25, 0.3) is 11.0 Å². The molecule has 8 heteroatoms. The van der Waals surface area contributed by atoms with Crippen LogP contribution in [0, 0.1) is 17.0 Å². The summed E-state index contributed by atoms with van der Waals surface area (Å²) in [6, 6.07) is 9.65. The minimum absolute atomic E-state index is 0.125. The molecule has 8 nitrogen and oxygen atoms in total. The first kappa shape index (κ1) is 17.2. The zero-order chi connectivity index (χ0) is 18.8. The van der Waals surface area contributed by atoms with Crippen molar-refractivity contribution >= 4 is 28.6 Å². The van der Waals surface area contributed by atoms with E-state index >= 15 is 0 Å². The summed E-state index contributed by atoms with van der Waals surface area (Å²) in [5.74, 6) is -0.642. The fourth-order valence-electron chi connectivity index (χ4n) is 2.50. The van der Waals surface area contributed by atoms with Crippen molar-refractivity contribution in [3.05, 3.63) is 69.5 Å². The van der Waals surface area contributed by atoms with Crippen molar-refractivity contribution in [2.45, 2.75) is 6.92 Å². The van der Waals surface area contributed by atoms with Crippen LogP contribution in [0.15, 0.2) is 46.9 Å². The highest BCUT2D eigenvalue weighted by Gasteiger charge is 2.20. The lowest BCUT2D eigenvalue weighted by molar-refractivity contribution is -0.384. The fraction of sp³-hybridized carbons (Fsp3) is 0.111. The Morgan fingerprint density at radius 3 is 2.38 bits per heavy atom. The van der Waals surface area contributed by atoms with Gasteiger partial charge in [-0.15, -0.1) is 0 Å². The highest BCUT2D eigenvalue weighted by molar-refractivity contribution is 6.05. The molecule has 0 aliphatic rings. The number of hydrogen-bond acceptors (Lipinski definition) is 7. The molecular formula is C18H13NO7. The number of furan rings is 1. The normalized spacial score (nSPS) is 10.5. The molecule has 3 rings (SSSR count). The van der Waals surface area contributed by atoms with E-state index in [-0.39, 0.29) is 22.6 Å². The lowest BCUT2D eigenvalue weighted by Gasteiger charge is -2.05. The molecule has 2 aromatic carbocycles. The smallest absolute Gasteiger partial charge is 0.343 e. The van der Waals surface area contributed by atoms with Crippen LogP contribution in [0.1, 0.15) is 26.5 Å². The lowest BCUT2D eigenvalue weighted by atomic mass is 10.1. The summed E-state index contributed by atoms with van der Waals surface area (Å²) in [6.45, 7) is 1.63. The third-order valence-corrected chi connectivity index (χ3v) is 3.75. The van der Waals surface area contributed by atoms with Crippen molar-refractivity contribution in [1.82, 2.24) is 0 Å².